The molecule has 0 amide bonds. The van der Waals surface area contributed by atoms with Gasteiger partial charge in [0.1, 0.15) is 5.69 Å². The average molecular weight is 263 g/mol. The molecule has 1 aromatic rings. The number of rotatable bonds is 3. The van der Waals surface area contributed by atoms with E-state index in [2.05, 4.69) is 4.90 Å². The van der Waals surface area contributed by atoms with Crippen LogP contribution in [0.2, 0.25) is 0 Å². The third-order valence-corrected chi connectivity index (χ3v) is 3.95. The molecule has 104 valence electrons. The van der Waals surface area contributed by atoms with E-state index in [0.29, 0.717) is 5.92 Å². The Morgan fingerprint density at radius 2 is 2.05 bits per heavy atom. The third-order valence-electron chi connectivity index (χ3n) is 3.95. The second-order valence-corrected chi connectivity index (χ2v) is 5.43. The van der Waals surface area contributed by atoms with Crippen molar-refractivity contribution in [3.8, 4) is 0 Å². The van der Waals surface area contributed by atoms with Gasteiger partial charge in [0.2, 0.25) is 0 Å². The molecule has 5 heteroatoms. The monoisotopic (exact) mass is 263 g/mol. The molecule has 0 spiro atoms. The molecule has 0 saturated carbocycles. The van der Waals surface area contributed by atoms with Crippen LogP contribution in [0.25, 0.3) is 0 Å². The number of nitrogens with two attached hydrogens (primary N) is 1. The fourth-order valence-corrected chi connectivity index (χ4v) is 2.71. The van der Waals surface area contributed by atoms with Crippen molar-refractivity contribution in [2.75, 3.05) is 18.0 Å². The molecule has 2 rings (SSSR count). The summed E-state index contributed by atoms with van der Waals surface area (Å²) < 4.78 is 0. The summed E-state index contributed by atoms with van der Waals surface area (Å²) in [6, 6.07) is 5.50. The quantitative estimate of drug-likeness (QED) is 0.671. The molecule has 1 fully saturated rings. The van der Waals surface area contributed by atoms with Crippen molar-refractivity contribution in [3.05, 3.63) is 33.9 Å². The topological polar surface area (TPSA) is 72.4 Å². The lowest BCUT2D eigenvalue weighted by Crippen LogP contribution is -2.39. The first-order valence-electron chi connectivity index (χ1n) is 6.74. The lowest BCUT2D eigenvalue weighted by Gasteiger charge is -2.35. The maximum Gasteiger partial charge on any atom is 0.292 e. The van der Waals surface area contributed by atoms with E-state index in [4.69, 9.17) is 5.73 Å². The minimum atomic E-state index is -0.299. The standard InChI is InChI=1S/C14H21N3O2/c1-10-3-4-13(17(18)19)14(9-10)16-7-5-12(6-8-16)11(2)15/h3-4,9,11-12H,5-8,15H2,1-2H3. The molecule has 5 nitrogen and oxygen atoms in total. The van der Waals surface area contributed by atoms with E-state index in [9.17, 15) is 10.1 Å². The first-order valence-corrected chi connectivity index (χ1v) is 6.74. The average Bonchev–Trinajstić information content (AvgIpc) is 2.38. The van der Waals surface area contributed by atoms with E-state index in [1.807, 2.05) is 19.9 Å². The van der Waals surface area contributed by atoms with Crippen molar-refractivity contribution in [2.45, 2.75) is 32.7 Å². The lowest BCUT2D eigenvalue weighted by atomic mass is 9.90. The van der Waals surface area contributed by atoms with E-state index in [-0.39, 0.29) is 16.7 Å². The van der Waals surface area contributed by atoms with Gasteiger partial charge in [-0.05, 0) is 44.2 Å². The molecule has 19 heavy (non-hydrogen) atoms. The lowest BCUT2D eigenvalue weighted by molar-refractivity contribution is -0.384. The number of nitrogens with zero attached hydrogens (tertiary/aromatic N) is 2. The highest BCUT2D eigenvalue weighted by molar-refractivity contribution is 5.64. The maximum absolute atomic E-state index is 11.1. The predicted octanol–water partition coefficient (Wildman–Crippen LogP) is 2.47. The Hall–Kier alpha value is -1.62. The third kappa shape index (κ3) is 3.04. The van der Waals surface area contributed by atoms with Gasteiger partial charge in [-0.2, -0.15) is 0 Å². The van der Waals surface area contributed by atoms with Crippen LogP contribution in [-0.2, 0) is 0 Å². The number of benzene rings is 1. The van der Waals surface area contributed by atoms with Crippen molar-refractivity contribution in [3.63, 3.8) is 0 Å². The SMILES string of the molecule is Cc1ccc([N+](=O)[O-])c(N2CCC(C(C)N)CC2)c1. The number of anilines is 1. The zero-order valence-electron chi connectivity index (χ0n) is 11.5. The summed E-state index contributed by atoms with van der Waals surface area (Å²) in [5.41, 5.74) is 7.92. The normalized spacial score (nSPS) is 18.4. The van der Waals surface area contributed by atoms with Crippen LogP contribution in [0, 0.1) is 23.0 Å². The van der Waals surface area contributed by atoms with Crippen LogP contribution >= 0.6 is 0 Å². The zero-order valence-corrected chi connectivity index (χ0v) is 11.5. The van der Waals surface area contributed by atoms with E-state index >= 15 is 0 Å². The number of nitro groups is 1. The molecule has 2 N–H and O–H groups in total. The predicted molar refractivity (Wildman–Crippen MR) is 76.4 cm³/mol. The van der Waals surface area contributed by atoms with Crippen LogP contribution in [-0.4, -0.2) is 24.1 Å². The number of aryl methyl sites for hydroxylation is 1. The van der Waals surface area contributed by atoms with Gasteiger partial charge in [-0.15, -0.1) is 0 Å². The number of hydrogen-bond acceptors (Lipinski definition) is 4. The van der Waals surface area contributed by atoms with Gasteiger partial charge in [0.15, 0.2) is 0 Å². The smallest absolute Gasteiger partial charge is 0.292 e. The van der Waals surface area contributed by atoms with Crippen LogP contribution in [0.15, 0.2) is 18.2 Å². The highest BCUT2D eigenvalue weighted by Gasteiger charge is 2.26. The van der Waals surface area contributed by atoms with Gasteiger partial charge < -0.3 is 10.6 Å². The van der Waals surface area contributed by atoms with Crippen LogP contribution in [0.5, 0.6) is 0 Å². The van der Waals surface area contributed by atoms with E-state index in [1.165, 1.54) is 0 Å². The van der Waals surface area contributed by atoms with Gasteiger partial charge >= 0.3 is 0 Å². The number of piperidine rings is 1. The second-order valence-electron chi connectivity index (χ2n) is 5.43. The molecule has 1 aromatic carbocycles. The molecule has 1 aliphatic heterocycles. The van der Waals surface area contributed by atoms with Crippen molar-refractivity contribution < 1.29 is 4.92 Å². The molecule has 0 bridgehead atoms. The Bertz CT molecular complexity index is 466. The van der Waals surface area contributed by atoms with E-state index in [1.54, 1.807) is 12.1 Å². The Kier molecular flexibility index (Phi) is 4.04. The van der Waals surface area contributed by atoms with Gasteiger partial charge in [-0.3, -0.25) is 10.1 Å². The molecule has 0 aromatic heterocycles. The first-order chi connectivity index (χ1) is 8.99. The highest BCUT2D eigenvalue weighted by atomic mass is 16.6. The molecule has 0 aliphatic carbocycles. The number of nitro benzene ring substituents is 1. The zero-order chi connectivity index (χ0) is 14.0. The van der Waals surface area contributed by atoms with Gasteiger partial charge in [-0.25, -0.2) is 0 Å². The van der Waals surface area contributed by atoms with Crippen molar-refractivity contribution in [1.29, 1.82) is 0 Å². The summed E-state index contributed by atoms with van der Waals surface area (Å²) >= 11 is 0. The van der Waals surface area contributed by atoms with Crippen molar-refractivity contribution >= 4 is 11.4 Å². The second kappa shape index (κ2) is 5.57. The van der Waals surface area contributed by atoms with Crippen molar-refractivity contribution in [2.24, 2.45) is 11.7 Å². The van der Waals surface area contributed by atoms with Crippen LogP contribution < -0.4 is 10.6 Å². The van der Waals surface area contributed by atoms with E-state index in [0.717, 1.165) is 37.2 Å². The molecule has 1 atom stereocenters. The van der Waals surface area contributed by atoms with E-state index < -0.39 is 0 Å². The Balaban J connectivity index is 2.19. The molecular weight excluding hydrogens is 242 g/mol. The summed E-state index contributed by atoms with van der Waals surface area (Å²) in [5.74, 6) is 0.528. The molecule has 1 unspecified atom stereocenters. The van der Waals surface area contributed by atoms with Crippen molar-refractivity contribution in [1.82, 2.24) is 0 Å². The molecule has 1 aliphatic rings. The summed E-state index contributed by atoms with van der Waals surface area (Å²) in [6.07, 6.45) is 2.01. The van der Waals surface area contributed by atoms with Gasteiger partial charge in [-0.1, -0.05) is 6.07 Å². The molecular formula is C14H21N3O2. The van der Waals surface area contributed by atoms with Gasteiger partial charge in [0, 0.05) is 25.2 Å². The van der Waals surface area contributed by atoms with Gasteiger partial charge in [0.05, 0.1) is 4.92 Å². The Morgan fingerprint density at radius 3 is 2.58 bits per heavy atom. The summed E-state index contributed by atoms with van der Waals surface area (Å²) in [5, 5.41) is 11.1. The highest BCUT2D eigenvalue weighted by Crippen LogP contribution is 2.32. The van der Waals surface area contributed by atoms with Crippen LogP contribution in [0.4, 0.5) is 11.4 Å². The maximum atomic E-state index is 11.1. The molecule has 0 radical (unpaired) electrons. The number of hydrogen-bond donors (Lipinski definition) is 1. The van der Waals surface area contributed by atoms with Crippen LogP contribution in [0.3, 0.4) is 0 Å². The fourth-order valence-electron chi connectivity index (χ4n) is 2.71. The summed E-state index contributed by atoms with van der Waals surface area (Å²) in [7, 11) is 0. The minimum Gasteiger partial charge on any atom is -0.366 e. The Morgan fingerprint density at radius 1 is 1.42 bits per heavy atom. The molecule has 1 heterocycles. The largest absolute Gasteiger partial charge is 0.366 e. The summed E-state index contributed by atoms with van der Waals surface area (Å²) in [4.78, 5) is 12.9. The van der Waals surface area contributed by atoms with Crippen LogP contribution in [0.1, 0.15) is 25.3 Å². The minimum absolute atomic E-state index is 0.199. The van der Waals surface area contributed by atoms with Gasteiger partial charge in [0.25, 0.3) is 5.69 Å². The summed E-state index contributed by atoms with van der Waals surface area (Å²) in [6.45, 7) is 5.68. The first kappa shape index (κ1) is 13.8. The Labute approximate surface area is 113 Å². The fraction of sp³-hybridized carbons (Fsp3) is 0.571. The molecule has 1 saturated heterocycles.